The van der Waals surface area contributed by atoms with E-state index in [9.17, 15) is 10.2 Å². The first kappa shape index (κ1) is 12.3. The maximum atomic E-state index is 9.93. The average Bonchev–Trinajstić information content (AvgIpc) is 2.25. The molecule has 2 fully saturated rings. The van der Waals surface area contributed by atoms with Crippen LogP contribution in [0.25, 0.3) is 0 Å². The second-order valence-corrected chi connectivity index (χ2v) is 5.32. The van der Waals surface area contributed by atoms with Crippen LogP contribution in [0.5, 0.6) is 0 Å². The van der Waals surface area contributed by atoms with Crippen molar-refractivity contribution in [2.24, 2.45) is 0 Å². The van der Waals surface area contributed by atoms with Crippen LogP contribution in [0, 0.1) is 0 Å². The lowest BCUT2D eigenvalue weighted by Gasteiger charge is -2.37. The van der Waals surface area contributed by atoms with E-state index in [1.807, 2.05) is 0 Å². The minimum absolute atomic E-state index is 0.275. The third-order valence-corrected chi connectivity index (χ3v) is 3.91. The molecule has 0 aromatic heterocycles. The predicted octanol–water partition coefficient (Wildman–Crippen LogP) is -0.0523. The Hall–Kier alpha value is -0.160. The van der Waals surface area contributed by atoms with Crippen LogP contribution in [-0.4, -0.2) is 59.5 Å². The van der Waals surface area contributed by atoms with Gasteiger partial charge in [0.25, 0.3) is 0 Å². The molecule has 4 heteroatoms. The zero-order valence-corrected chi connectivity index (χ0v) is 9.99. The van der Waals surface area contributed by atoms with Crippen molar-refractivity contribution < 1.29 is 10.2 Å². The van der Waals surface area contributed by atoms with E-state index in [1.165, 1.54) is 0 Å². The summed E-state index contributed by atoms with van der Waals surface area (Å²) in [5, 5.41) is 23.1. The Morgan fingerprint density at radius 2 is 1.94 bits per heavy atom. The molecule has 1 atom stereocenters. The highest BCUT2D eigenvalue weighted by Gasteiger charge is 2.34. The molecular weight excluding hydrogens is 204 g/mol. The molecule has 16 heavy (non-hydrogen) atoms. The molecule has 0 amide bonds. The minimum atomic E-state index is -0.440. The molecule has 2 aliphatic rings. The summed E-state index contributed by atoms with van der Waals surface area (Å²) >= 11 is 0. The molecule has 1 aliphatic carbocycles. The number of piperazine rings is 1. The highest BCUT2D eigenvalue weighted by molar-refractivity contribution is 4.88. The molecule has 0 aromatic rings. The van der Waals surface area contributed by atoms with Crippen molar-refractivity contribution in [2.45, 2.75) is 43.8 Å². The van der Waals surface area contributed by atoms with Gasteiger partial charge in [0.15, 0.2) is 0 Å². The first-order valence-corrected chi connectivity index (χ1v) is 6.51. The molecule has 3 N–H and O–H groups in total. The van der Waals surface area contributed by atoms with Crippen LogP contribution < -0.4 is 5.32 Å². The Morgan fingerprint density at radius 3 is 2.50 bits per heavy atom. The standard InChI is InChI=1S/C12H24N2O2/c15-11(2-5-12(16)3-1-4-12)10-14-8-6-13-7-9-14/h11,13,15-16H,1-10H2. The molecule has 4 nitrogen and oxygen atoms in total. The quantitative estimate of drug-likeness (QED) is 0.617. The molecule has 1 heterocycles. The molecule has 94 valence electrons. The van der Waals surface area contributed by atoms with Crippen molar-refractivity contribution in [1.29, 1.82) is 0 Å². The van der Waals surface area contributed by atoms with Crippen LogP contribution in [0.1, 0.15) is 32.1 Å². The maximum Gasteiger partial charge on any atom is 0.0668 e. The van der Waals surface area contributed by atoms with Crippen molar-refractivity contribution in [1.82, 2.24) is 10.2 Å². The van der Waals surface area contributed by atoms with E-state index in [4.69, 9.17) is 0 Å². The number of rotatable bonds is 5. The fourth-order valence-electron chi connectivity index (χ4n) is 2.55. The van der Waals surface area contributed by atoms with E-state index in [0.29, 0.717) is 0 Å². The number of nitrogens with zero attached hydrogens (tertiary/aromatic N) is 1. The van der Waals surface area contributed by atoms with E-state index in [2.05, 4.69) is 10.2 Å². The summed E-state index contributed by atoms with van der Waals surface area (Å²) in [6.45, 7) is 4.87. The van der Waals surface area contributed by atoms with Gasteiger partial charge < -0.3 is 15.5 Å². The van der Waals surface area contributed by atoms with Crippen LogP contribution in [0.2, 0.25) is 0 Å². The smallest absolute Gasteiger partial charge is 0.0668 e. The molecule has 1 unspecified atom stereocenters. The molecule has 1 saturated heterocycles. The topological polar surface area (TPSA) is 55.7 Å². The summed E-state index contributed by atoms with van der Waals surface area (Å²) in [4.78, 5) is 2.30. The molecule has 0 aromatic carbocycles. The highest BCUT2D eigenvalue weighted by atomic mass is 16.3. The van der Waals surface area contributed by atoms with Gasteiger partial charge in [-0.15, -0.1) is 0 Å². The summed E-state index contributed by atoms with van der Waals surface area (Å²) in [6, 6.07) is 0. The molecule has 2 rings (SSSR count). The fraction of sp³-hybridized carbons (Fsp3) is 1.00. The van der Waals surface area contributed by atoms with Gasteiger partial charge in [0.05, 0.1) is 11.7 Å². The lowest BCUT2D eigenvalue weighted by atomic mass is 9.76. The van der Waals surface area contributed by atoms with E-state index < -0.39 is 5.60 Å². The van der Waals surface area contributed by atoms with Gasteiger partial charge in [-0.3, -0.25) is 4.90 Å². The van der Waals surface area contributed by atoms with Gasteiger partial charge in [-0.1, -0.05) is 0 Å². The Bertz CT molecular complexity index is 213. The normalized spacial score (nSPS) is 27.4. The third kappa shape index (κ3) is 3.42. The Morgan fingerprint density at radius 1 is 1.25 bits per heavy atom. The van der Waals surface area contributed by atoms with Gasteiger partial charge in [0, 0.05) is 32.7 Å². The average molecular weight is 228 g/mol. The first-order chi connectivity index (χ1) is 7.68. The van der Waals surface area contributed by atoms with Gasteiger partial charge in [-0.2, -0.15) is 0 Å². The van der Waals surface area contributed by atoms with Crippen molar-refractivity contribution in [3.63, 3.8) is 0 Å². The lowest BCUT2D eigenvalue weighted by molar-refractivity contribution is -0.0512. The van der Waals surface area contributed by atoms with Crippen molar-refractivity contribution in [3.05, 3.63) is 0 Å². The van der Waals surface area contributed by atoms with Crippen molar-refractivity contribution in [3.8, 4) is 0 Å². The first-order valence-electron chi connectivity index (χ1n) is 6.51. The van der Waals surface area contributed by atoms with E-state index >= 15 is 0 Å². The van der Waals surface area contributed by atoms with Crippen LogP contribution in [0.3, 0.4) is 0 Å². The van der Waals surface area contributed by atoms with E-state index in [0.717, 1.165) is 64.8 Å². The number of aliphatic hydroxyl groups is 2. The van der Waals surface area contributed by atoms with E-state index in [-0.39, 0.29) is 6.10 Å². The number of hydrogen-bond donors (Lipinski definition) is 3. The van der Waals surface area contributed by atoms with Gasteiger partial charge in [0.1, 0.15) is 0 Å². The SMILES string of the molecule is OC(CCC1(O)CCC1)CN1CCNCC1. The molecule has 0 bridgehead atoms. The summed E-state index contributed by atoms with van der Waals surface area (Å²) < 4.78 is 0. The molecule has 0 radical (unpaired) electrons. The lowest BCUT2D eigenvalue weighted by Crippen LogP contribution is -2.46. The van der Waals surface area contributed by atoms with Crippen molar-refractivity contribution in [2.75, 3.05) is 32.7 Å². The van der Waals surface area contributed by atoms with Crippen LogP contribution in [-0.2, 0) is 0 Å². The molecule has 1 aliphatic heterocycles. The predicted molar refractivity (Wildman–Crippen MR) is 63.4 cm³/mol. The van der Waals surface area contributed by atoms with Crippen LogP contribution >= 0.6 is 0 Å². The monoisotopic (exact) mass is 228 g/mol. The van der Waals surface area contributed by atoms with Gasteiger partial charge in [0.2, 0.25) is 0 Å². The summed E-state index contributed by atoms with van der Waals surface area (Å²) in [6.07, 6.45) is 4.22. The number of nitrogens with one attached hydrogen (secondary N) is 1. The summed E-state index contributed by atoms with van der Waals surface area (Å²) in [5.41, 5.74) is -0.440. The van der Waals surface area contributed by atoms with Crippen LogP contribution in [0.4, 0.5) is 0 Å². The third-order valence-electron chi connectivity index (χ3n) is 3.91. The van der Waals surface area contributed by atoms with Crippen molar-refractivity contribution >= 4 is 0 Å². The van der Waals surface area contributed by atoms with Gasteiger partial charge in [-0.05, 0) is 32.1 Å². The summed E-state index contributed by atoms with van der Waals surface area (Å²) in [5.74, 6) is 0. The Balaban J connectivity index is 1.61. The fourth-order valence-corrected chi connectivity index (χ4v) is 2.55. The largest absolute Gasteiger partial charge is 0.392 e. The number of aliphatic hydroxyl groups excluding tert-OH is 1. The van der Waals surface area contributed by atoms with Crippen LogP contribution in [0.15, 0.2) is 0 Å². The highest BCUT2D eigenvalue weighted by Crippen LogP contribution is 2.35. The Kier molecular flexibility index (Phi) is 4.19. The molecule has 0 spiro atoms. The Labute approximate surface area is 97.6 Å². The number of β-amino-alcohol motifs (C(OH)–C–C–N with tert-alkyl or cyclic N) is 1. The summed E-state index contributed by atoms with van der Waals surface area (Å²) in [7, 11) is 0. The second kappa shape index (κ2) is 5.45. The molecule has 1 saturated carbocycles. The zero-order chi connectivity index (χ0) is 11.4. The second-order valence-electron chi connectivity index (χ2n) is 5.32. The van der Waals surface area contributed by atoms with Gasteiger partial charge >= 0.3 is 0 Å². The number of hydrogen-bond acceptors (Lipinski definition) is 4. The maximum absolute atomic E-state index is 9.93. The zero-order valence-electron chi connectivity index (χ0n) is 9.99. The molecular formula is C12H24N2O2. The van der Waals surface area contributed by atoms with Gasteiger partial charge in [-0.25, -0.2) is 0 Å². The minimum Gasteiger partial charge on any atom is -0.392 e. The van der Waals surface area contributed by atoms with E-state index in [1.54, 1.807) is 0 Å².